The van der Waals surface area contributed by atoms with Crippen LogP contribution in [0.2, 0.25) is 5.02 Å². The molecule has 0 fully saturated rings. The summed E-state index contributed by atoms with van der Waals surface area (Å²) in [6, 6.07) is 11.4. The number of carbonyl (C=O) groups is 2. The maximum absolute atomic E-state index is 12.9. The van der Waals surface area contributed by atoms with Crippen molar-refractivity contribution in [3.63, 3.8) is 0 Å². The van der Waals surface area contributed by atoms with Crippen LogP contribution in [-0.2, 0) is 4.79 Å². The van der Waals surface area contributed by atoms with Crippen molar-refractivity contribution in [1.82, 2.24) is 0 Å². The number of hydrogen-bond donors (Lipinski definition) is 1. The van der Waals surface area contributed by atoms with E-state index in [1.807, 2.05) is 0 Å². The largest absolute Gasteiger partial charge is 0.481 e. The van der Waals surface area contributed by atoms with Gasteiger partial charge in [-0.25, -0.2) is 4.39 Å². The molecule has 1 N–H and O–H groups in total. The Labute approximate surface area is 126 Å². The van der Waals surface area contributed by atoms with E-state index in [0.717, 1.165) is 0 Å². The summed E-state index contributed by atoms with van der Waals surface area (Å²) in [5.74, 6) is -2.88. The Morgan fingerprint density at radius 1 is 1.05 bits per heavy atom. The van der Waals surface area contributed by atoms with Gasteiger partial charge in [0.2, 0.25) is 0 Å². The first-order valence-corrected chi connectivity index (χ1v) is 6.62. The number of hydrogen-bond acceptors (Lipinski definition) is 2. The molecule has 5 heteroatoms. The molecule has 0 amide bonds. The van der Waals surface area contributed by atoms with Crippen molar-refractivity contribution in [3.8, 4) is 0 Å². The summed E-state index contributed by atoms with van der Waals surface area (Å²) in [6.45, 7) is 0. The summed E-state index contributed by atoms with van der Waals surface area (Å²) in [4.78, 5) is 23.5. The standard InChI is InChI=1S/C16H12ClFO3/c17-12-5-1-11(2-6-12)15(19)9-14(16(20)21)10-3-7-13(18)8-4-10/h1-8,14H,9H2,(H,20,21)/t14-/m0/s1. The number of carboxylic acid groups (broad SMARTS) is 1. The topological polar surface area (TPSA) is 54.4 Å². The molecule has 0 aromatic heterocycles. The van der Waals surface area contributed by atoms with Crippen molar-refractivity contribution < 1.29 is 19.1 Å². The Hall–Kier alpha value is -2.20. The molecule has 21 heavy (non-hydrogen) atoms. The molecule has 2 aromatic carbocycles. The molecule has 2 aromatic rings. The minimum Gasteiger partial charge on any atom is -0.481 e. The van der Waals surface area contributed by atoms with E-state index < -0.39 is 17.7 Å². The lowest BCUT2D eigenvalue weighted by Gasteiger charge is -2.12. The van der Waals surface area contributed by atoms with Gasteiger partial charge < -0.3 is 5.11 Å². The van der Waals surface area contributed by atoms with Crippen molar-refractivity contribution in [3.05, 3.63) is 70.5 Å². The van der Waals surface area contributed by atoms with Gasteiger partial charge in [-0.2, -0.15) is 0 Å². The minimum absolute atomic E-state index is 0.192. The zero-order chi connectivity index (χ0) is 15.4. The number of halogens is 2. The predicted octanol–water partition coefficient (Wildman–Crippen LogP) is 3.92. The summed E-state index contributed by atoms with van der Waals surface area (Å²) in [6.07, 6.45) is -0.192. The number of aliphatic carboxylic acids is 1. The average molecular weight is 307 g/mol. The highest BCUT2D eigenvalue weighted by molar-refractivity contribution is 6.30. The summed E-state index contributed by atoms with van der Waals surface area (Å²) in [7, 11) is 0. The lowest BCUT2D eigenvalue weighted by Crippen LogP contribution is -2.16. The number of ketones is 1. The fraction of sp³-hybridized carbons (Fsp3) is 0.125. The monoisotopic (exact) mass is 306 g/mol. The van der Waals surface area contributed by atoms with E-state index in [0.29, 0.717) is 16.1 Å². The maximum Gasteiger partial charge on any atom is 0.311 e. The van der Waals surface area contributed by atoms with Gasteiger partial charge in [0.25, 0.3) is 0 Å². The molecule has 2 rings (SSSR count). The molecule has 0 unspecified atom stereocenters. The second-order valence-corrected chi connectivity index (χ2v) is 5.01. The van der Waals surface area contributed by atoms with Crippen molar-refractivity contribution in [2.24, 2.45) is 0 Å². The summed E-state index contributed by atoms with van der Waals surface area (Å²) in [5, 5.41) is 9.77. The van der Waals surface area contributed by atoms with E-state index in [1.165, 1.54) is 24.3 Å². The highest BCUT2D eigenvalue weighted by Gasteiger charge is 2.23. The van der Waals surface area contributed by atoms with Gasteiger partial charge in [0.05, 0.1) is 5.92 Å². The van der Waals surface area contributed by atoms with Gasteiger partial charge in [-0.15, -0.1) is 0 Å². The molecule has 1 atom stereocenters. The SMILES string of the molecule is O=C(C[C@H](C(=O)O)c1ccc(F)cc1)c1ccc(Cl)cc1. The summed E-state index contributed by atoms with van der Waals surface area (Å²) < 4.78 is 12.9. The Morgan fingerprint density at radius 2 is 1.62 bits per heavy atom. The smallest absolute Gasteiger partial charge is 0.311 e. The molecule has 0 aliphatic carbocycles. The van der Waals surface area contributed by atoms with E-state index in [2.05, 4.69) is 0 Å². The number of Topliss-reactive ketones (excluding diaryl/α,β-unsaturated/α-hetero) is 1. The van der Waals surface area contributed by atoms with Gasteiger partial charge in [-0.05, 0) is 42.0 Å². The normalized spacial score (nSPS) is 11.9. The van der Waals surface area contributed by atoms with Crippen LogP contribution < -0.4 is 0 Å². The van der Waals surface area contributed by atoms with E-state index in [9.17, 15) is 19.1 Å². The Bertz CT molecular complexity index is 650. The summed E-state index contributed by atoms with van der Waals surface area (Å²) in [5.41, 5.74) is 0.791. The molecular weight excluding hydrogens is 295 g/mol. The highest BCUT2D eigenvalue weighted by atomic mass is 35.5. The highest BCUT2D eigenvalue weighted by Crippen LogP contribution is 2.23. The molecular formula is C16H12ClFO3. The molecule has 0 saturated heterocycles. The quantitative estimate of drug-likeness (QED) is 0.852. The van der Waals surface area contributed by atoms with Crippen molar-refractivity contribution in [1.29, 1.82) is 0 Å². The third-order valence-electron chi connectivity index (χ3n) is 3.13. The first-order valence-electron chi connectivity index (χ1n) is 6.24. The predicted molar refractivity (Wildman–Crippen MR) is 77.2 cm³/mol. The van der Waals surface area contributed by atoms with Crippen LogP contribution in [0, 0.1) is 5.82 Å². The van der Waals surface area contributed by atoms with Crippen LogP contribution in [0.1, 0.15) is 28.3 Å². The lowest BCUT2D eigenvalue weighted by atomic mass is 9.91. The van der Waals surface area contributed by atoms with Crippen molar-refractivity contribution in [2.75, 3.05) is 0 Å². The fourth-order valence-electron chi connectivity index (χ4n) is 1.98. The fourth-order valence-corrected chi connectivity index (χ4v) is 2.11. The summed E-state index contributed by atoms with van der Waals surface area (Å²) >= 11 is 5.74. The van der Waals surface area contributed by atoms with Crippen molar-refractivity contribution in [2.45, 2.75) is 12.3 Å². The second-order valence-electron chi connectivity index (χ2n) is 4.58. The molecule has 0 saturated carbocycles. The Balaban J connectivity index is 2.20. The van der Waals surface area contributed by atoms with Crippen LogP contribution in [-0.4, -0.2) is 16.9 Å². The van der Waals surface area contributed by atoms with Gasteiger partial charge in [0.1, 0.15) is 5.82 Å². The maximum atomic E-state index is 12.9. The Kier molecular flexibility index (Phi) is 4.70. The van der Waals surface area contributed by atoms with Gasteiger partial charge in [0, 0.05) is 17.0 Å². The first-order chi connectivity index (χ1) is 9.97. The van der Waals surface area contributed by atoms with Crippen LogP contribution in [0.3, 0.4) is 0 Å². The molecule has 0 bridgehead atoms. The third kappa shape index (κ3) is 3.89. The molecule has 0 radical (unpaired) electrons. The number of benzene rings is 2. The molecule has 108 valence electrons. The number of carboxylic acids is 1. The molecule has 0 aliphatic rings. The minimum atomic E-state index is -1.12. The van der Waals surface area contributed by atoms with Crippen LogP contribution in [0.5, 0.6) is 0 Å². The van der Waals surface area contributed by atoms with Crippen LogP contribution in [0.15, 0.2) is 48.5 Å². The van der Waals surface area contributed by atoms with Gasteiger partial charge in [0.15, 0.2) is 5.78 Å². The molecule has 3 nitrogen and oxygen atoms in total. The van der Waals surface area contributed by atoms with Crippen LogP contribution in [0.25, 0.3) is 0 Å². The van der Waals surface area contributed by atoms with E-state index in [1.54, 1.807) is 24.3 Å². The van der Waals surface area contributed by atoms with E-state index in [-0.39, 0.29) is 12.2 Å². The molecule has 0 spiro atoms. The number of carbonyl (C=O) groups excluding carboxylic acids is 1. The lowest BCUT2D eigenvalue weighted by molar-refractivity contribution is -0.138. The molecule has 0 aliphatic heterocycles. The van der Waals surface area contributed by atoms with Crippen LogP contribution >= 0.6 is 11.6 Å². The van der Waals surface area contributed by atoms with E-state index in [4.69, 9.17) is 11.6 Å². The van der Waals surface area contributed by atoms with Gasteiger partial charge in [-0.1, -0.05) is 23.7 Å². The third-order valence-corrected chi connectivity index (χ3v) is 3.38. The zero-order valence-corrected chi connectivity index (χ0v) is 11.7. The van der Waals surface area contributed by atoms with Crippen LogP contribution in [0.4, 0.5) is 4.39 Å². The van der Waals surface area contributed by atoms with E-state index >= 15 is 0 Å². The molecule has 0 heterocycles. The second kappa shape index (κ2) is 6.50. The first kappa shape index (κ1) is 15.2. The number of rotatable bonds is 5. The Morgan fingerprint density at radius 3 is 2.14 bits per heavy atom. The van der Waals surface area contributed by atoms with Crippen molar-refractivity contribution >= 4 is 23.4 Å². The zero-order valence-electron chi connectivity index (χ0n) is 10.9. The average Bonchev–Trinajstić information content (AvgIpc) is 2.46. The van der Waals surface area contributed by atoms with Gasteiger partial charge in [-0.3, -0.25) is 9.59 Å². The van der Waals surface area contributed by atoms with Gasteiger partial charge >= 0.3 is 5.97 Å².